The molecule has 0 radical (unpaired) electrons. The number of piperidine rings is 2. The third-order valence-electron chi connectivity index (χ3n) is 14.5. The zero-order valence-corrected chi connectivity index (χ0v) is 31.4. The Kier molecular flexibility index (Phi) is 6.66. The normalized spacial score (nSPS) is 28.1. The summed E-state index contributed by atoms with van der Waals surface area (Å²) in [4.78, 5) is 70.2. The van der Waals surface area contributed by atoms with Gasteiger partial charge in [-0.15, -0.1) is 0 Å². The van der Waals surface area contributed by atoms with Crippen molar-refractivity contribution in [2.45, 2.75) is 43.2 Å². The molecule has 7 fully saturated rings. The van der Waals surface area contributed by atoms with E-state index in [1.807, 2.05) is 18.2 Å². The molecular formula is C42H41FN10O4. The number of halogens is 1. The van der Waals surface area contributed by atoms with Crippen LogP contribution >= 0.6 is 0 Å². The summed E-state index contributed by atoms with van der Waals surface area (Å²) < 4.78 is 18.9. The lowest BCUT2D eigenvalue weighted by Gasteiger charge is -2.37. The number of hydrogen-bond acceptors (Lipinski definition) is 9. The first-order valence-corrected chi connectivity index (χ1v) is 20.1. The number of anilines is 2. The maximum Gasteiger partial charge on any atom is 0.329 e. The fourth-order valence-electron chi connectivity index (χ4n) is 11.1. The van der Waals surface area contributed by atoms with Crippen LogP contribution in [0, 0.1) is 23.1 Å². The number of benzene rings is 2. The van der Waals surface area contributed by atoms with Gasteiger partial charge in [0.15, 0.2) is 5.82 Å². The number of aromatic amines is 1. The van der Waals surface area contributed by atoms with E-state index in [0.29, 0.717) is 64.4 Å². The van der Waals surface area contributed by atoms with Crippen LogP contribution in [0.15, 0.2) is 59.5 Å². The van der Waals surface area contributed by atoms with Gasteiger partial charge in [0.2, 0.25) is 11.8 Å². The largest absolute Gasteiger partial charge is 0.369 e. The van der Waals surface area contributed by atoms with Crippen molar-refractivity contribution in [3.8, 4) is 22.8 Å². The Balaban J connectivity index is 0.701. The Bertz CT molecular complexity index is 2670. The maximum atomic E-state index is 15.8. The third-order valence-corrected chi connectivity index (χ3v) is 14.5. The molecule has 4 saturated heterocycles. The number of carbonyl (C=O) groups is 3. The minimum atomic E-state index is -0.697. The van der Waals surface area contributed by atoms with E-state index in [2.05, 4.69) is 47.4 Å². The van der Waals surface area contributed by atoms with Crippen molar-refractivity contribution in [2.75, 3.05) is 55.6 Å². The monoisotopic (exact) mass is 768 g/mol. The predicted molar refractivity (Wildman–Crippen MR) is 208 cm³/mol. The molecule has 15 heteroatoms. The number of imide groups is 1. The number of piperazine rings is 1. The summed E-state index contributed by atoms with van der Waals surface area (Å²) in [5, 5.41) is 5.39. The molecule has 13 rings (SSSR count). The van der Waals surface area contributed by atoms with Gasteiger partial charge in [-0.25, -0.2) is 19.2 Å². The second-order valence-electron chi connectivity index (χ2n) is 17.3. The topological polar surface area (TPSA) is 153 Å². The van der Waals surface area contributed by atoms with Crippen molar-refractivity contribution in [1.29, 1.82) is 0 Å². The summed E-state index contributed by atoms with van der Waals surface area (Å²) in [6.07, 6.45) is 4.25. The molecule has 5 aromatic rings. The highest BCUT2D eigenvalue weighted by molar-refractivity contribution is 6.00. The Morgan fingerprint density at radius 3 is 2.53 bits per heavy atom. The Labute approximate surface area is 326 Å². The van der Waals surface area contributed by atoms with E-state index < -0.39 is 11.9 Å². The molecule has 8 heterocycles. The third kappa shape index (κ3) is 4.71. The van der Waals surface area contributed by atoms with E-state index in [1.165, 1.54) is 4.57 Å². The van der Waals surface area contributed by atoms with Crippen LogP contribution in [0.2, 0.25) is 0 Å². The zero-order valence-electron chi connectivity index (χ0n) is 31.4. The number of hydrogen-bond donors (Lipinski definition) is 3. The number of carbonyl (C=O) groups excluding carboxylic acids is 3. The van der Waals surface area contributed by atoms with Crippen LogP contribution < -0.4 is 26.1 Å². The van der Waals surface area contributed by atoms with Crippen LogP contribution in [0.3, 0.4) is 0 Å². The van der Waals surface area contributed by atoms with E-state index in [0.717, 1.165) is 80.4 Å². The first kappa shape index (κ1) is 33.3. The summed E-state index contributed by atoms with van der Waals surface area (Å²) in [6, 6.07) is 14.8. The highest BCUT2D eigenvalue weighted by atomic mass is 19.1. The summed E-state index contributed by atoms with van der Waals surface area (Å²) in [5.41, 5.74) is 6.85. The van der Waals surface area contributed by atoms with Gasteiger partial charge in [-0.2, -0.15) is 0 Å². The van der Waals surface area contributed by atoms with E-state index in [9.17, 15) is 19.2 Å². The molecule has 2 unspecified atom stereocenters. The first-order chi connectivity index (χ1) is 27.6. The molecule has 3 aromatic heterocycles. The van der Waals surface area contributed by atoms with Gasteiger partial charge in [0.25, 0.3) is 5.91 Å². The summed E-state index contributed by atoms with van der Waals surface area (Å²) in [6.45, 7) is 6.15. The molecule has 3 N–H and O–H groups in total. The van der Waals surface area contributed by atoms with Gasteiger partial charge < -0.3 is 20.1 Å². The van der Waals surface area contributed by atoms with Crippen molar-refractivity contribution >= 4 is 40.1 Å². The highest BCUT2D eigenvalue weighted by Crippen LogP contribution is 2.86. The van der Waals surface area contributed by atoms with Crippen LogP contribution in [0.5, 0.6) is 0 Å². The van der Waals surface area contributed by atoms with Crippen LogP contribution in [-0.4, -0.2) is 98.6 Å². The summed E-state index contributed by atoms with van der Waals surface area (Å²) in [5.74, 6) is 0.508. The number of amides is 3. The molecule has 1 spiro atoms. The van der Waals surface area contributed by atoms with Crippen LogP contribution in [0.25, 0.3) is 33.8 Å². The van der Waals surface area contributed by atoms with E-state index in [-0.39, 0.29) is 35.2 Å². The predicted octanol–water partition coefficient (Wildman–Crippen LogP) is 2.94. The molecule has 2 bridgehead atoms. The highest BCUT2D eigenvalue weighted by Gasteiger charge is 2.92. The summed E-state index contributed by atoms with van der Waals surface area (Å²) in [7, 11) is 1.74. The zero-order chi connectivity index (χ0) is 38.5. The first-order valence-electron chi connectivity index (χ1n) is 20.1. The van der Waals surface area contributed by atoms with E-state index >= 15 is 4.39 Å². The quantitative estimate of drug-likeness (QED) is 0.212. The molecule has 5 aliphatic heterocycles. The molecule has 3 saturated carbocycles. The van der Waals surface area contributed by atoms with Crippen LogP contribution in [0.1, 0.15) is 47.8 Å². The Hall–Kier alpha value is -5.83. The van der Waals surface area contributed by atoms with Crippen molar-refractivity contribution in [2.24, 2.45) is 24.3 Å². The number of fused-ring (bicyclic) bond motifs is 4. The number of nitrogens with zero attached hydrogens (tertiary/aromatic N) is 7. The average Bonchev–Trinajstić information content (AvgIpc) is 4.06. The molecule has 57 heavy (non-hydrogen) atoms. The van der Waals surface area contributed by atoms with Crippen molar-refractivity contribution in [1.82, 2.24) is 39.6 Å². The number of aromatic nitrogens is 5. The second kappa shape index (κ2) is 11.4. The number of nitrogens with one attached hydrogen (secondary N) is 3. The van der Waals surface area contributed by atoms with Gasteiger partial charge in [0.1, 0.15) is 11.9 Å². The fourth-order valence-corrected chi connectivity index (χ4v) is 11.1. The lowest BCUT2D eigenvalue weighted by Crippen LogP contribution is -2.48. The standard InChI is InChI=1S/C42H41FN10O4/c1-49-32-17-23(3-5-30(32)53(40(49)57)31-6-7-33(54)48-39(31)56)52-19-26-34-36(52)42(26,34)21-50-12-14-51(15-13-50)22-2-4-24(27(43)16-22)37-44-11-8-28(47-37)29-18-25-35(46-29)41(9-10-41)20-45-38(25)55/h2-5,8,11,16-18,26,31,34,36,46H,6-7,9-10,12-15,19-21H2,1H3,(H,45,55)(H,48,54,56)/t26-,31?,34-,36?,42+/m1/s1. The lowest BCUT2D eigenvalue weighted by atomic mass is 9.95. The number of imidazole rings is 1. The SMILES string of the molecule is Cn1c(=O)n(C2CCC(=O)NC2=O)c2ccc(N3C[C@@H]4[C@@H]5C3[C@@]45CN3CCN(c4ccc(-c5nccc(-c6cc7c([nH]6)C6(CC6)CNC7=O)n5)c(F)c4)CC3)cc21. The minimum Gasteiger partial charge on any atom is -0.369 e. The van der Waals surface area contributed by atoms with Gasteiger partial charge in [-0.1, -0.05) is 0 Å². The number of aryl methyl sites for hydroxylation is 1. The lowest BCUT2D eigenvalue weighted by molar-refractivity contribution is -0.135. The molecule has 14 nitrogen and oxygen atoms in total. The van der Waals surface area contributed by atoms with Gasteiger partial charge in [-0.05, 0) is 79.6 Å². The number of rotatable bonds is 7. The second-order valence-corrected chi connectivity index (χ2v) is 17.3. The van der Waals surface area contributed by atoms with Crippen molar-refractivity contribution in [3.63, 3.8) is 0 Å². The Morgan fingerprint density at radius 2 is 1.75 bits per heavy atom. The molecule has 2 aromatic carbocycles. The summed E-state index contributed by atoms with van der Waals surface area (Å²) >= 11 is 0. The van der Waals surface area contributed by atoms with Crippen LogP contribution in [-0.2, 0) is 22.1 Å². The van der Waals surface area contributed by atoms with Gasteiger partial charge in [0.05, 0.1) is 33.5 Å². The van der Waals surface area contributed by atoms with E-state index in [1.54, 1.807) is 36.0 Å². The number of H-pyrrole nitrogens is 1. The van der Waals surface area contributed by atoms with Gasteiger partial charge in [-0.3, -0.25) is 33.7 Å². The van der Waals surface area contributed by atoms with Crippen LogP contribution in [0.4, 0.5) is 15.8 Å². The molecule has 5 atom stereocenters. The smallest absolute Gasteiger partial charge is 0.329 e. The molecule has 3 aliphatic carbocycles. The van der Waals surface area contributed by atoms with Gasteiger partial charge >= 0.3 is 5.69 Å². The average molecular weight is 769 g/mol. The van der Waals surface area contributed by atoms with E-state index in [4.69, 9.17) is 4.98 Å². The molecule has 3 amide bonds. The molecule has 290 valence electrons. The Morgan fingerprint density at radius 1 is 0.930 bits per heavy atom. The van der Waals surface area contributed by atoms with Crippen molar-refractivity contribution < 1.29 is 18.8 Å². The van der Waals surface area contributed by atoms with Gasteiger partial charge in [0, 0.05) is 99.4 Å². The maximum absolute atomic E-state index is 15.8. The fraction of sp³-hybridized carbons (Fsp3) is 0.429. The van der Waals surface area contributed by atoms with Crippen molar-refractivity contribution in [3.05, 3.63) is 82.3 Å². The molecular weight excluding hydrogens is 728 g/mol. The minimum absolute atomic E-state index is 0.00259. The molecule has 8 aliphatic rings.